The summed E-state index contributed by atoms with van der Waals surface area (Å²) in [5.74, 6) is 0.0173. The van der Waals surface area contributed by atoms with Gasteiger partial charge in [0.25, 0.3) is 0 Å². The molecule has 1 heterocycles. The van der Waals surface area contributed by atoms with Crippen molar-refractivity contribution in [2.45, 2.75) is 34.6 Å². The molecule has 21 heavy (non-hydrogen) atoms. The van der Waals surface area contributed by atoms with E-state index < -0.39 is 5.97 Å². The average molecular weight is 298 g/mol. The van der Waals surface area contributed by atoms with E-state index in [0.29, 0.717) is 31.5 Å². The first-order chi connectivity index (χ1) is 9.70. The quantitative estimate of drug-likeness (QED) is 0.778. The molecule has 0 radical (unpaired) electrons. The maximum absolute atomic E-state index is 12.5. The molecule has 0 aromatic heterocycles. The molecule has 1 aliphatic heterocycles. The predicted octanol–water partition coefficient (Wildman–Crippen LogP) is 1.78. The molecule has 122 valence electrons. The fourth-order valence-corrected chi connectivity index (χ4v) is 2.97. The van der Waals surface area contributed by atoms with Crippen molar-refractivity contribution in [2.75, 3.05) is 32.7 Å². The zero-order chi connectivity index (χ0) is 16.2. The van der Waals surface area contributed by atoms with Crippen LogP contribution in [0.3, 0.4) is 0 Å². The van der Waals surface area contributed by atoms with Crippen LogP contribution in [-0.2, 0) is 9.59 Å². The Labute approximate surface area is 128 Å². The number of hydrogen-bond donors (Lipinski definition) is 1. The van der Waals surface area contributed by atoms with Crippen molar-refractivity contribution in [1.82, 2.24) is 9.80 Å². The highest BCUT2D eigenvalue weighted by molar-refractivity contribution is 5.78. The zero-order valence-corrected chi connectivity index (χ0v) is 14.0. The standard InChI is InChI=1S/C16H30N2O3/c1-11(2)6-18(7-12(3)4)15(19)10-17-8-13(5)14(9-17)16(20)21/h11-14H,6-10H2,1-5H3,(H,20,21). The summed E-state index contributed by atoms with van der Waals surface area (Å²) in [5, 5.41) is 9.16. The van der Waals surface area contributed by atoms with Crippen molar-refractivity contribution >= 4 is 11.9 Å². The highest BCUT2D eigenvalue weighted by atomic mass is 16.4. The van der Waals surface area contributed by atoms with E-state index in [1.807, 2.05) is 16.7 Å². The van der Waals surface area contributed by atoms with Crippen molar-refractivity contribution in [2.24, 2.45) is 23.7 Å². The summed E-state index contributed by atoms with van der Waals surface area (Å²) in [6.45, 7) is 13.4. The molecule has 1 saturated heterocycles. The van der Waals surface area contributed by atoms with E-state index in [0.717, 1.165) is 13.1 Å². The minimum atomic E-state index is -0.751. The Bertz CT molecular complexity index is 359. The third-order valence-electron chi connectivity index (χ3n) is 3.89. The Balaban J connectivity index is 2.59. The molecule has 0 aromatic carbocycles. The summed E-state index contributed by atoms with van der Waals surface area (Å²) in [4.78, 5) is 27.5. The third kappa shape index (κ3) is 5.65. The molecule has 0 aromatic rings. The molecule has 5 heteroatoms. The van der Waals surface area contributed by atoms with Gasteiger partial charge >= 0.3 is 5.97 Å². The molecular formula is C16H30N2O3. The van der Waals surface area contributed by atoms with Crippen LogP contribution >= 0.6 is 0 Å². The lowest BCUT2D eigenvalue weighted by atomic mass is 9.99. The molecule has 1 fully saturated rings. The number of hydrogen-bond acceptors (Lipinski definition) is 3. The van der Waals surface area contributed by atoms with Crippen molar-refractivity contribution in [3.05, 3.63) is 0 Å². The van der Waals surface area contributed by atoms with Crippen molar-refractivity contribution < 1.29 is 14.7 Å². The van der Waals surface area contributed by atoms with Gasteiger partial charge in [-0.3, -0.25) is 14.5 Å². The topological polar surface area (TPSA) is 60.9 Å². The van der Waals surface area contributed by atoms with Crippen molar-refractivity contribution in [3.8, 4) is 0 Å². The molecule has 0 bridgehead atoms. The maximum Gasteiger partial charge on any atom is 0.308 e. The van der Waals surface area contributed by atoms with E-state index in [4.69, 9.17) is 5.11 Å². The Morgan fingerprint density at radius 3 is 2.05 bits per heavy atom. The summed E-state index contributed by atoms with van der Waals surface area (Å²) >= 11 is 0. The summed E-state index contributed by atoms with van der Waals surface area (Å²) in [5.41, 5.74) is 0. The van der Waals surface area contributed by atoms with Gasteiger partial charge in [0.15, 0.2) is 0 Å². The molecule has 5 nitrogen and oxygen atoms in total. The third-order valence-corrected chi connectivity index (χ3v) is 3.89. The second kappa shape index (κ2) is 7.78. The van der Waals surface area contributed by atoms with Gasteiger partial charge in [-0.05, 0) is 17.8 Å². The molecule has 2 unspecified atom stereocenters. The van der Waals surface area contributed by atoms with Gasteiger partial charge in [0.05, 0.1) is 12.5 Å². The Kier molecular flexibility index (Phi) is 6.65. The van der Waals surface area contributed by atoms with Crippen LogP contribution in [0.5, 0.6) is 0 Å². The maximum atomic E-state index is 12.5. The lowest BCUT2D eigenvalue weighted by Gasteiger charge is -2.28. The molecular weight excluding hydrogens is 268 g/mol. The summed E-state index contributed by atoms with van der Waals surface area (Å²) in [6, 6.07) is 0. The van der Waals surface area contributed by atoms with E-state index in [1.165, 1.54) is 0 Å². The molecule has 0 spiro atoms. The van der Waals surface area contributed by atoms with Crippen LogP contribution in [0.4, 0.5) is 0 Å². The van der Waals surface area contributed by atoms with Crippen molar-refractivity contribution in [3.63, 3.8) is 0 Å². The second-order valence-corrected chi connectivity index (χ2v) is 7.20. The van der Waals surface area contributed by atoms with E-state index >= 15 is 0 Å². The molecule has 1 N–H and O–H groups in total. The average Bonchev–Trinajstić information content (AvgIpc) is 2.68. The number of carboxylic acids is 1. The summed E-state index contributed by atoms with van der Waals surface area (Å²) < 4.78 is 0. The monoisotopic (exact) mass is 298 g/mol. The van der Waals surface area contributed by atoms with E-state index in [9.17, 15) is 9.59 Å². The fraction of sp³-hybridized carbons (Fsp3) is 0.875. The first-order valence-electron chi connectivity index (χ1n) is 7.93. The van der Waals surface area contributed by atoms with Gasteiger partial charge in [0.1, 0.15) is 0 Å². The van der Waals surface area contributed by atoms with Gasteiger partial charge in [0.2, 0.25) is 5.91 Å². The highest BCUT2D eigenvalue weighted by Gasteiger charge is 2.35. The van der Waals surface area contributed by atoms with Crippen LogP contribution in [0.1, 0.15) is 34.6 Å². The summed E-state index contributed by atoms with van der Waals surface area (Å²) in [6.07, 6.45) is 0. The molecule has 0 saturated carbocycles. The molecule has 1 amide bonds. The number of aliphatic carboxylic acids is 1. The SMILES string of the molecule is CC(C)CN(CC(C)C)C(=O)CN1CC(C)C(C(=O)O)C1. The normalized spacial score (nSPS) is 23.0. The molecule has 1 aliphatic rings. The largest absolute Gasteiger partial charge is 0.481 e. The predicted molar refractivity (Wildman–Crippen MR) is 83.0 cm³/mol. The van der Waals surface area contributed by atoms with Gasteiger partial charge in [-0.25, -0.2) is 0 Å². The lowest BCUT2D eigenvalue weighted by Crippen LogP contribution is -2.43. The summed E-state index contributed by atoms with van der Waals surface area (Å²) in [7, 11) is 0. The van der Waals surface area contributed by atoms with Crippen LogP contribution in [0.15, 0.2) is 0 Å². The molecule has 2 atom stereocenters. The van der Waals surface area contributed by atoms with Gasteiger partial charge in [0, 0.05) is 26.2 Å². The zero-order valence-electron chi connectivity index (χ0n) is 14.0. The number of carbonyl (C=O) groups is 2. The molecule has 1 rings (SSSR count). The number of amides is 1. The van der Waals surface area contributed by atoms with E-state index in [-0.39, 0.29) is 17.7 Å². The number of likely N-dealkylation sites (tertiary alicyclic amines) is 1. The minimum Gasteiger partial charge on any atom is -0.481 e. The number of carboxylic acid groups (broad SMARTS) is 1. The highest BCUT2D eigenvalue weighted by Crippen LogP contribution is 2.23. The smallest absolute Gasteiger partial charge is 0.308 e. The van der Waals surface area contributed by atoms with Crippen LogP contribution < -0.4 is 0 Å². The Morgan fingerprint density at radius 2 is 1.67 bits per heavy atom. The van der Waals surface area contributed by atoms with Gasteiger partial charge in [-0.1, -0.05) is 34.6 Å². The van der Waals surface area contributed by atoms with E-state index in [1.54, 1.807) is 0 Å². The molecule has 0 aliphatic carbocycles. The fourth-order valence-electron chi connectivity index (χ4n) is 2.97. The van der Waals surface area contributed by atoms with Crippen LogP contribution in [0.25, 0.3) is 0 Å². The first kappa shape index (κ1) is 18.0. The Hall–Kier alpha value is -1.10. The van der Waals surface area contributed by atoms with Crippen LogP contribution in [-0.4, -0.2) is 59.5 Å². The lowest BCUT2D eigenvalue weighted by molar-refractivity contribution is -0.142. The first-order valence-corrected chi connectivity index (χ1v) is 7.93. The van der Waals surface area contributed by atoms with Gasteiger partial charge < -0.3 is 10.0 Å². The number of rotatable bonds is 7. The van der Waals surface area contributed by atoms with Gasteiger partial charge in [-0.2, -0.15) is 0 Å². The van der Waals surface area contributed by atoms with E-state index in [2.05, 4.69) is 27.7 Å². The minimum absolute atomic E-state index is 0.110. The van der Waals surface area contributed by atoms with Gasteiger partial charge in [-0.15, -0.1) is 0 Å². The second-order valence-electron chi connectivity index (χ2n) is 7.20. The van der Waals surface area contributed by atoms with Crippen molar-refractivity contribution in [1.29, 1.82) is 0 Å². The van der Waals surface area contributed by atoms with Crippen LogP contribution in [0.2, 0.25) is 0 Å². The number of carbonyl (C=O) groups excluding carboxylic acids is 1. The number of nitrogens with zero attached hydrogens (tertiary/aromatic N) is 2. The van der Waals surface area contributed by atoms with Crippen LogP contribution in [0, 0.1) is 23.7 Å². The Morgan fingerprint density at radius 1 is 1.14 bits per heavy atom.